The lowest BCUT2D eigenvalue weighted by Crippen LogP contribution is -2.25. The Hall–Kier alpha value is -6.23. The summed E-state index contributed by atoms with van der Waals surface area (Å²) in [6.45, 7) is 0. The van der Waals surface area contributed by atoms with Crippen LogP contribution in [-0.4, -0.2) is 15.0 Å². The number of fused-ring (bicyclic) bond motifs is 13. The second-order valence-corrected chi connectivity index (χ2v) is 14.2. The average molecular weight is 654 g/mol. The molecule has 2 aromatic heterocycles. The molecule has 2 aliphatic carbocycles. The highest BCUT2D eigenvalue weighted by Gasteiger charge is 2.51. The Morgan fingerprint density at radius 3 is 1.58 bits per heavy atom. The zero-order chi connectivity index (χ0) is 32.8. The van der Waals surface area contributed by atoms with Crippen LogP contribution in [0.5, 0.6) is 0 Å². The summed E-state index contributed by atoms with van der Waals surface area (Å²) in [4.78, 5) is 15.6. The van der Waals surface area contributed by atoms with Crippen LogP contribution in [0.1, 0.15) is 22.3 Å². The van der Waals surface area contributed by atoms with Crippen LogP contribution in [0.4, 0.5) is 0 Å². The lowest BCUT2D eigenvalue weighted by molar-refractivity contribution is 0.794. The molecule has 3 nitrogen and oxygen atoms in total. The van der Waals surface area contributed by atoms with Crippen molar-refractivity contribution in [1.29, 1.82) is 0 Å². The maximum absolute atomic E-state index is 5.28. The van der Waals surface area contributed by atoms with E-state index >= 15 is 0 Å². The van der Waals surface area contributed by atoms with Gasteiger partial charge < -0.3 is 0 Å². The molecular formula is C46H27N3S. The molecular weight excluding hydrogens is 627 g/mol. The lowest BCUT2D eigenvalue weighted by Gasteiger charge is -2.30. The number of thiophene rings is 1. The van der Waals surface area contributed by atoms with Gasteiger partial charge in [0, 0.05) is 36.9 Å². The third kappa shape index (κ3) is 3.71. The van der Waals surface area contributed by atoms with Crippen LogP contribution in [0.15, 0.2) is 164 Å². The Balaban J connectivity index is 1.18. The Bertz CT molecular complexity index is 2770. The maximum Gasteiger partial charge on any atom is 0.165 e. The number of benzene rings is 7. The predicted molar refractivity (Wildman–Crippen MR) is 205 cm³/mol. The molecule has 0 bridgehead atoms. The molecule has 2 heterocycles. The summed E-state index contributed by atoms with van der Waals surface area (Å²) in [5.41, 5.74) is 12.9. The Labute approximate surface area is 293 Å². The highest BCUT2D eigenvalue weighted by atomic mass is 32.1. The molecule has 4 heteroatoms. The summed E-state index contributed by atoms with van der Waals surface area (Å²) in [5, 5.41) is 2.48. The first-order valence-corrected chi connectivity index (χ1v) is 17.8. The van der Waals surface area contributed by atoms with Crippen LogP contribution in [0, 0.1) is 0 Å². The fourth-order valence-corrected chi connectivity index (χ4v) is 9.71. The van der Waals surface area contributed by atoms with Gasteiger partial charge in [-0.1, -0.05) is 146 Å². The summed E-state index contributed by atoms with van der Waals surface area (Å²) in [5.74, 6) is 2.01. The number of hydrogen-bond donors (Lipinski definition) is 0. The van der Waals surface area contributed by atoms with Crippen molar-refractivity contribution in [3.05, 3.63) is 186 Å². The second kappa shape index (κ2) is 10.4. The van der Waals surface area contributed by atoms with Gasteiger partial charge in [-0.2, -0.15) is 0 Å². The smallest absolute Gasteiger partial charge is 0.165 e. The predicted octanol–water partition coefficient (Wildman–Crippen LogP) is 11.6. The van der Waals surface area contributed by atoms with Crippen LogP contribution < -0.4 is 0 Å². The van der Waals surface area contributed by atoms with E-state index in [4.69, 9.17) is 15.0 Å². The first-order chi connectivity index (χ1) is 24.8. The summed E-state index contributed by atoms with van der Waals surface area (Å²) in [7, 11) is 0. The minimum Gasteiger partial charge on any atom is -0.208 e. The van der Waals surface area contributed by atoms with Crippen LogP contribution in [0.25, 0.3) is 76.6 Å². The SMILES string of the molecule is c1ccc(-c2nc(-c3ccc4c(c3)C3(c5ccccc5-c5ccccc53)c3ccccc3-4)nc(-c3cccc4c3sc3ccccc34)n2)cc1. The van der Waals surface area contributed by atoms with Crippen molar-refractivity contribution in [2.45, 2.75) is 5.41 Å². The topological polar surface area (TPSA) is 38.7 Å². The number of nitrogens with zero attached hydrogens (tertiary/aromatic N) is 3. The number of hydrogen-bond acceptors (Lipinski definition) is 4. The molecule has 1 spiro atoms. The first kappa shape index (κ1) is 27.7. The molecule has 0 fully saturated rings. The van der Waals surface area contributed by atoms with E-state index in [0.29, 0.717) is 17.5 Å². The van der Waals surface area contributed by atoms with Crippen molar-refractivity contribution in [3.8, 4) is 56.4 Å². The molecule has 0 saturated heterocycles. The van der Waals surface area contributed by atoms with Gasteiger partial charge in [-0.15, -0.1) is 11.3 Å². The average Bonchev–Trinajstić information content (AvgIpc) is 3.82. The number of aromatic nitrogens is 3. The molecule has 7 aromatic carbocycles. The second-order valence-electron chi connectivity index (χ2n) is 13.1. The van der Waals surface area contributed by atoms with E-state index in [1.807, 2.05) is 18.2 Å². The summed E-state index contributed by atoms with van der Waals surface area (Å²) in [6, 6.07) is 58.9. The van der Waals surface area contributed by atoms with Gasteiger partial charge in [0.1, 0.15) is 0 Å². The summed E-state index contributed by atoms with van der Waals surface area (Å²) < 4.78 is 2.44. The lowest BCUT2D eigenvalue weighted by atomic mass is 9.70. The monoisotopic (exact) mass is 653 g/mol. The highest BCUT2D eigenvalue weighted by Crippen LogP contribution is 2.63. The van der Waals surface area contributed by atoms with Crippen molar-refractivity contribution in [2.24, 2.45) is 0 Å². The molecule has 0 N–H and O–H groups in total. The Morgan fingerprint density at radius 2 is 0.880 bits per heavy atom. The molecule has 2 aliphatic rings. The van der Waals surface area contributed by atoms with Crippen LogP contribution in [0.3, 0.4) is 0 Å². The minimum absolute atomic E-state index is 0.435. The Morgan fingerprint density at radius 1 is 0.360 bits per heavy atom. The molecule has 0 aliphatic heterocycles. The zero-order valence-electron chi connectivity index (χ0n) is 26.8. The van der Waals surface area contributed by atoms with Gasteiger partial charge in [0.15, 0.2) is 17.5 Å². The largest absolute Gasteiger partial charge is 0.208 e. The maximum atomic E-state index is 5.28. The van der Waals surface area contributed by atoms with Crippen molar-refractivity contribution < 1.29 is 0 Å². The fraction of sp³-hybridized carbons (Fsp3) is 0.0217. The molecule has 0 unspecified atom stereocenters. The standard InChI is InChI=1S/C46H27N3S/c1-2-13-28(14-3-1)43-47-44(49-45(48-43)36-20-12-19-35-34-18-7-11-24-41(34)50-42(35)36)29-25-26-33-32-17-6-10-23-39(32)46(40(33)27-29)37-21-8-4-15-30(37)31-16-5-9-22-38(31)46/h1-27H. The van der Waals surface area contributed by atoms with E-state index in [2.05, 4.69) is 146 Å². The molecule has 0 amide bonds. The third-order valence-electron chi connectivity index (χ3n) is 10.6. The molecule has 9 aromatic rings. The normalized spacial score (nSPS) is 13.4. The van der Waals surface area contributed by atoms with Gasteiger partial charge in [0.25, 0.3) is 0 Å². The quantitative estimate of drug-likeness (QED) is 0.190. The van der Waals surface area contributed by atoms with Crippen molar-refractivity contribution in [3.63, 3.8) is 0 Å². The number of rotatable bonds is 3. The summed E-state index contributed by atoms with van der Waals surface area (Å²) in [6.07, 6.45) is 0. The van der Waals surface area contributed by atoms with E-state index < -0.39 is 5.41 Å². The van der Waals surface area contributed by atoms with Gasteiger partial charge in [0.05, 0.1) is 5.41 Å². The van der Waals surface area contributed by atoms with Gasteiger partial charge in [0.2, 0.25) is 0 Å². The molecule has 0 atom stereocenters. The molecule has 0 radical (unpaired) electrons. The van der Waals surface area contributed by atoms with Crippen molar-refractivity contribution in [2.75, 3.05) is 0 Å². The van der Waals surface area contributed by atoms with Gasteiger partial charge >= 0.3 is 0 Å². The first-order valence-electron chi connectivity index (χ1n) is 17.0. The van der Waals surface area contributed by atoms with Gasteiger partial charge in [-0.05, 0) is 62.7 Å². The molecule has 50 heavy (non-hydrogen) atoms. The van der Waals surface area contributed by atoms with Crippen LogP contribution in [0.2, 0.25) is 0 Å². The highest BCUT2D eigenvalue weighted by molar-refractivity contribution is 7.26. The molecule has 232 valence electrons. The molecule has 0 saturated carbocycles. The van der Waals surface area contributed by atoms with Gasteiger partial charge in [-0.25, -0.2) is 15.0 Å². The van der Waals surface area contributed by atoms with Gasteiger partial charge in [-0.3, -0.25) is 0 Å². The van der Waals surface area contributed by atoms with E-state index in [9.17, 15) is 0 Å². The third-order valence-corrected chi connectivity index (χ3v) is 11.8. The van der Waals surface area contributed by atoms with E-state index in [0.717, 1.165) is 16.7 Å². The van der Waals surface area contributed by atoms with Crippen LogP contribution >= 0.6 is 11.3 Å². The van der Waals surface area contributed by atoms with E-state index in [1.54, 1.807) is 11.3 Å². The molecule has 11 rings (SSSR count). The van der Waals surface area contributed by atoms with E-state index in [-0.39, 0.29) is 0 Å². The van der Waals surface area contributed by atoms with E-state index in [1.165, 1.54) is 64.7 Å². The van der Waals surface area contributed by atoms with Crippen LogP contribution in [-0.2, 0) is 5.41 Å². The van der Waals surface area contributed by atoms with Crippen molar-refractivity contribution in [1.82, 2.24) is 15.0 Å². The zero-order valence-corrected chi connectivity index (χ0v) is 27.7. The Kier molecular flexibility index (Phi) is 5.75. The summed E-state index contributed by atoms with van der Waals surface area (Å²) >= 11 is 1.79. The van der Waals surface area contributed by atoms with Crippen molar-refractivity contribution >= 4 is 31.5 Å². The fourth-order valence-electron chi connectivity index (χ4n) is 8.50. The minimum atomic E-state index is -0.435.